The van der Waals surface area contributed by atoms with E-state index in [-0.39, 0.29) is 24.1 Å². The fourth-order valence-electron chi connectivity index (χ4n) is 2.75. The number of carbonyl (C=O) groups is 2. The molecule has 3 aromatic carbocycles. The molecular formula is C22H18ClFN2O2. The maximum absolute atomic E-state index is 13.0. The van der Waals surface area contributed by atoms with Crippen LogP contribution in [0.2, 0.25) is 5.02 Å². The van der Waals surface area contributed by atoms with Gasteiger partial charge in [0, 0.05) is 5.69 Å². The van der Waals surface area contributed by atoms with Crippen LogP contribution >= 0.6 is 11.6 Å². The number of rotatable bonds is 6. The quantitative estimate of drug-likeness (QED) is 0.617. The van der Waals surface area contributed by atoms with Crippen molar-refractivity contribution in [2.24, 2.45) is 0 Å². The van der Waals surface area contributed by atoms with Crippen molar-refractivity contribution < 1.29 is 14.0 Å². The molecular weight excluding hydrogens is 379 g/mol. The summed E-state index contributed by atoms with van der Waals surface area (Å²) in [6, 6.07) is 20.9. The predicted octanol–water partition coefficient (Wildman–Crippen LogP) is 4.98. The highest BCUT2D eigenvalue weighted by molar-refractivity contribution is 6.33. The molecule has 0 bridgehead atoms. The molecule has 0 heterocycles. The molecule has 0 unspecified atom stereocenters. The van der Waals surface area contributed by atoms with Crippen LogP contribution in [0.4, 0.5) is 10.1 Å². The van der Waals surface area contributed by atoms with E-state index < -0.39 is 6.04 Å². The van der Waals surface area contributed by atoms with Gasteiger partial charge in [-0.2, -0.15) is 0 Å². The van der Waals surface area contributed by atoms with E-state index in [1.165, 1.54) is 24.3 Å². The van der Waals surface area contributed by atoms with Gasteiger partial charge in [-0.1, -0.05) is 54.1 Å². The topological polar surface area (TPSA) is 58.2 Å². The predicted molar refractivity (Wildman–Crippen MR) is 108 cm³/mol. The summed E-state index contributed by atoms with van der Waals surface area (Å²) < 4.78 is 13.0. The third kappa shape index (κ3) is 5.18. The molecule has 0 aliphatic rings. The van der Waals surface area contributed by atoms with Crippen LogP contribution in [0.5, 0.6) is 0 Å². The van der Waals surface area contributed by atoms with Crippen molar-refractivity contribution >= 4 is 29.1 Å². The van der Waals surface area contributed by atoms with Gasteiger partial charge in [0.15, 0.2) is 0 Å². The van der Waals surface area contributed by atoms with E-state index in [2.05, 4.69) is 10.6 Å². The largest absolute Gasteiger partial charge is 0.345 e. The number of halogens is 2. The molecule has 0 spiro atoms. The molecule has 0 saturated carbocycles. The van der Waals surface area contributed by atoms with E-state index >= 15 is 0 Å². The van der Waals surface area contributed by atoms with Crippen LogP contribution in [0.1, 0.15) is 28.4 Å². The zero-order valence-corrected chi connectivity index (χ0v) is 15.6. The first-order valence-corrected chi connectivity index (χ1v) is 9.06. The Morgan fingerprint density at radius 1 is 0.893 bits per heavy atom. The van der Waals surface area contributed by atoms with Crippen LogP contribution in [0.15, 0.2) is 78.9 Å². The molecule has 2 amide bonds. The highest BCUT2D eigenvalue weighted by Crippen LogP contribution is 2.21. The van der Waals surface area contributed by atoms with E-state index in [9.17, 15) is 14.0 Å². The van der Waals surface area contributed by atoms with Crippen molar-refractivity contribution in [2.75, 3.05) is 5.32 Å². The summed E-state index contributed by atoms with van der Waals surface area (Å²) in [5, 5.41) is 5.92. The fraction of sp³-hybridized carbons (Fsp3) is 0.0909. The van der Waals surface area contributed by atoms with E-state index in [1.807, 2.05) is 30.3 Å². The Morgan fingerprint density at radius 2 is 1.54 bits per heavy atom. The van der Waals surface area contributed by atoms with Crippen molar-refractivity contribution in [3.63, 3.8) is 0 Å². The van der Waals surface area contributed by atoms with Gasteiger partial charge in [0.25, 0.3) is 5.91 Å². The lowest BCUT2D eigenvalue weighted by Crippen LogP contribution is -2.31. The van der Waals surface area contributed by atoms with Crippen molar-refractivity contribution in [2.45, 2.75) is 12.5 Å². The van der Waals surface area contributed by atoms with Crippen LogP contribution < -0.4 is 10.6 Å². The number of hydrogen-bond donors (Lipinski definition) is 2. The van der Waals surface area contributed by atoms with Gasteiger partial charge in [-0.25, -0.2) is 4.39 Å². The Hall–Kier alpha value is -3.18. The van der Waals surface area contributed by atoms with Gasteiger partial charge in [-0.3, -0.25) is 9.59 Å². The molecule has 6 heteroatoms. The monoisotopic (exact) mass is 396 g/mol. The molecule has 4 nitrogen and oxygen atoms in total. The van der Waals surface area contributed by atoms with Crippen LogP contribution in [-0.4, -0.2) is 11.8 Å². The summed E-state index contributed by atoms with van der Waals surface area (Å²) in [4.78, 5) is 25.1. The number of amides is 2. The second-order valence-electron chi connectivity index (χ2n) is 6.18. The van der Waals surface area contributed by atoms with Gasteiger partial charge in [0.1, 0.15) is 5.82 Å². The van der Waals surface area contributed by atoms with Crippen molar-refractivity contribution in [3.8, 4) is 0 Å². The smallest absolute Gasteiger partial charge is 0.253 e. The van der Waals surface area contributed by atoms with Gasteiger partial charge in [0.2, 0.25) is 5.91 Å². The summed E-state index contributed by atoms with van der Waals surface area (Å²) >= 11 is 6.10. The summed E-state index contributed by atoms with van der Waals surface area (Å²) in [5.74, 6) is -1.05. The molecule has 0 aliphatic carbocycles. The molecule has 2 N–H and O–H groups in total. The van der Waals surface area contributed by atoms with Gasteiger partial charge in [-0.15, -0.1) is 0 Å². The zero-order chi connectivity index (χ0) is 19.9. The molecule has 0 aromatic heterocycles. The number of hydrogen-bond acceptors (Lipinski definition) is 2. The number of benzene rings is 3. The van der Waals surface area contributed by atoms with Gasteiger partial charge < -0.3 is 10.6 Å². The minimum absolute atomic E-state index is 0.0115. The lowest BCUT2D eigenvalue weighted by molar-refractivity contribution is -0.116. The highest BCUT2D eigenvalue weighted by Gasteiger charge is 2.20. The third-order valence-corrected chi connectivity index (χ3v) is 4.47. The number of anilines is 1. The average Bonchev–Trinajstić information content (AvgIpc) is 2.70. The summed E-state index contributed by atoms with van der Waals surface area (Å²) in [6.45, 7) is 0. The van der Waals surface area contributed by atoms with Gasteiger partial charge >= 0.3 is 0 Å². The van der Waals surface area contributed by atoms with Gasteiger partial charge in [0.05, 0.1) is 23.0 Å². The second kappa shape index (κ2) is 9.15. The van der Waals surface area contributed by atoms with E-state index in [0.29, 0.717) is 16.3 Å². The zero-order valence-electron chi connectivity index (χ0n) is 14.9. The van der Waals surface area contributed by atoms with Crippen LogP contribution in [0, 0.1) is 5.82 Å². The lowest BCUT2D eigenvalue weighted by atomic mass is 10.0. The molecule has 3 rings (SSSR count). The molecule has 142 valence electrons. The first-order valence-electron chi connectivity index (χ1n) is 8.68. The Balaban J connectivity index is 1.76. The summed E-state index contributed by atoms with van der Waals surface area (Å²) in [6.07, 6.45) is 0.0115. The summed E-state index contributed by atoms with van der Waals surface area (Å²) in [7, 11) is 0. The number of nitrogens with one attached hydrogen (secondary N) is 2. The van der Waals surface area contributed by atoms with E-state index in [0.717, 1.165) is 5.56 Å². The lowest BCUT2D eigenvalue weighted by Gasteiger charge is -2.19. The molecule has 0 radical (unpaired) electrons. The Morgan fingerprint density at radius 3 is 2.21 bits per heavy atom. The average molecular weight is 397 g/mol. The van der Waals surface area contributed by atoms with Crippen LogP contribution in [-0.2, 0) is 4.79 Å². The molecule has 0 aliphatic heterocycles. The Kier molecular flexibility index (Phi) is 6.40. The molecule has 0 fully saturated rings. The van der Waals surface area contributed by atoms with Crippen molar-refractivity contribution in [3.05, 3.63) is 101 Å². The Bertz CT molecular complexity index is 962. The van der Waals surface area contributed by atoms with Crippen LogP contribution in [0.25, 0.3) is 0 Å². The first kappa shape index (κ1) is 19.6. The maximum Gasteiger partial charge on any atom is 0.253 e. The van der Waals surface area contributed by atoms with E-state index in [4.69, 9.17) is 11.6 Å². The molecule has 1 atom stereocenters. The summed E-state index contributed by atoms with van der Waals surface area (Å²) in [5.41, 5.74) is 1.61. The molecule has 3 aromatic rings. The van der Waals surface area contributed by atoms with Crippen LogP contribution in [0.3, 0.4) is 0 Å². The normalized spacial score (nSPS) is 11.5. The van der Waals surface area contributed by atoms with E-state index in [1.54, 1.807) is 24.3 Å². The first-order chi connectivity index (χ1) is 13.5. The second-order valence-corrected chi connectivity index (χ2v) is 6.58. The Labute approximate surface area is 167 Å². The minimum atomic E-state index is -0.551. The fourth-order valence-corrected chi connectivity index (χ4v) is 2.97. The third-order valence-electron chi connectivity index (χ3n) is 4.14. The standard InChI is InChI=1S/C22H18ClFN2O2/c23-19-9-5-4-8-18(19)22(28)26-20(15-6-2-1-3-7-15)14-21(27)25-17-12-10-16(24)11-13-17/h1-13,20H,14H2,(H,25,27)(H,26,28)/t20-/m0/s1. The van der Waals surface area contributed by atoms with Gasteiger partial charge in [-0.05, 0) is 42.0 Å². The van der Waals surface area contributed by atoms with Crippen molar-refractivity contribution in [1.82, 2.24) is 5.32 Å². The molecule has 28 heavy (non-hydrogen) atoms. The maximum atomic E-state index is 13.0. The number of carbonyl (C=O) groups excluding carboxylic acids is 2. The SMILES string of the molecule is O=C(C[C@H](NC(=O)c1ccccc1Cl)c1ccccc1)Nc1ccc(F)cc1. The minimum Gasteiger partial charge on any atom is -0.345 e. The van der Waals surface area contributed by atoms with Crippen molar-refractivity contribution in [1.29, 1.82) is 0 Å². The molecule has 0 saturated heterocycles. The highest BCUT2D eigenvalue weighted by atomic mass is 35.5.